The Kier molecular flexibility index (Phi) is 7.48. The summed E-state index contributed by atoms with van der Waals surface area (Å²) in [6.07, 6.45) is 2.28. The van der Waals surface area contributed by atoms with E-state index in [4.69, 9.17) is 20.5 Å². The van der Waals surface area contributed by atoms with Crippen LogP contribution in [0.15, 0.2) is 36.4 Å². The van der Waals surface area contributed by atoms with Crippen LogP contribution in [0.2, 0.25) is 0 Å². The Morgan fingerprint density at radius 3 is 1.87 bits per heavy atom. The predicted molar refractivity (Wildman–Crippen MR) is 109 cm³/mol. The first kappa shape index (κ1) is 22.3. The molecule has 2 saturated heterocycles. The van der Waals surface area contributed by atoms with E-state index in [0.29, 0.717) is 75.7 Å². The molecule has 4 rings (SSSR count). The first-order chi connectivity index (χ1) is 14.5. The number of aromatic nitrogens is 2. The first-order valence-corrected chi connectivity index (χ1v) is 10.1. The van der Waals surface area contributed by atoms with Crippen LogP contribution in [0.4, 0.5) is 0 Å². The van der Waals surface area contributed by atoms with E-state index in [-0.39, 0.29) is 0 Å². The van der Waals surface area contributed by atoms with Gasteiger partial charge in [0.25, 0.3) is 0 Å². The molecule has 0 atom stereocenters. The number of rotatable bonds is 3. The lowest BCUT2D eigenvalue weighted by Crippen LogP contribution is -2.34. The Balaban J connectivity index is 0.000000171. The van der Waals surface area contributed by atoms with Crippen LogP contribution in [0.3, 0.4) is 0 Å². The highest BCUT2D eigenvalue weighted by atomic mass is 16.5. The summed E-state index contributed by atoms with van der Waals surface area (Å²) in [6.45, 7) is 2.65. The summed E-state index contributed by atoms with van der Waals surface area (Å²) < 4.78 is 10.4. The van der Waals surface area contributed by atoms with Crippen molar-refractivity contribution in [2.75, 3.05) is 26.4 Å². The molecule has 0 aliphatic carbocycles. The third-order valence-electron chi connectivity index (χ3n) is 5.47. The molecular weight excluding hydrogens is 384 g/mol. The van der Waals surface area contributed by atoms with Gasteiger partial charge in [0.1, 0.15) is 23.0 Å². The topological polar surface area (TPSA) is 135 Å². The molecule has 2 fully saturated rings. The maximum atomic E-state index is 10.4. The van der Waals surface area contributed by atoms with Crippen molar-refractivity contribution in [2.24, 2.45) is 5.73 Å². The van der Waals surface area contributed by atoms with Crippen LogP contribution < -0.4 is 5.73 Å². The smallest absolute Gasteiger partial charge is 0.140 e. The van der Waals surface area contributed by atoms with Crippen molar-refractivity contribution < 1.29 is 19.7 Å². The minimum Gasteiger partial charge on any atom is -0.383 e. The lowest BCUT2D eigenvalue weighted by atomic mass is 9.90. The molecule has 30 heavy (non-hydrogen) atoms. The molecule has 8 heteroatoms. The molecule has 160 valence electrons. The van der Waals surface area contributed by atoms with Crippen molar-refractivity contribution in [2.45, 2.75) is 43.4 Å². The van der Waals surface area contributed by atoms with Crippen molar-refractivity contribution in [1.82, 2.24) is 9.97 Å². The number of hydrogen-bond acceptors (Lipinski definition) is 8. The molecule has 2 aliphatic rings. The van der Waals surface area contributed by atoms with Crippen molar-refractivity contribution in [3.63, 3.8) is 0 Å². The van der Waals surface area contributed by atoms with E-state index in [2.05, 4.69) is 9.97 Å². The standard InChI is InChI=1S/C11H16N2O2.C11H12N2O2/c2*12-8-9-2-1-3-10(13-9)11(14)4-6-15-7-5-11/h1-3,14H,4-8,12H2;1-3,14H,4-7H2. The summed E-state index contributed by atoms with van der Waals surface area (Å²) in [6, 6.07) is 12.7. The van der Waals surface area contributed by atoms with Crippen LogP contribution in [-0.4, -0.2) is 46.6 Å². The van der Waals surface area contributed by atoms with Crippen molar-refractivity contribution >= 4 is 0 Å². The highest BCUT2D eigenvalue weighted by molar-refractivity contribution is 5.25. The van der Waals surface area contributed by atoms with E-state index in [1.165, 1.54) is 0 Å². The molecule has 2 aromatic rings. The van der Waals surface area contributed by atoms with E-state index in [9.17, 15) is 10.2 Å². The zero-order chi connectivity index (χ0) is 21.5. The SMILES string of the molecule is N#Cc1cccc(C2(O)CCOCC2)n1.NCc1cccc(C2(O)CCOCC2)n1. The molecular formula is C22H28N4O4. The quantitative estimate of drug-likeness (QED) is 0.690. The van der Waals surface area contributed by atoms with Gasteiger partial charge in [0.05, 0.1) is 17.1 Å². The lowest BCUT2D eigenvalue weighted by Gasteiger charge is -2.31. The number of hydrogen-bond donors (Lipinski definition) is 3. The van der Waals surface area contributed by atoms with Gasteiger partial charge in [-0.05, 0) is 24.3 Å². The molecule has 0 radical (unpaired) electrons. The van der Waals surface area contributed by atoms with Gasteiger partial charge in [-0.2, -0.15) is 5.26 Å². The zero-order valence-corrected chi connectivity index (χ0v) is 17.0. The number of ether oxygens (including phenoxy) is 2. The highest BCUT2D eigenvalue weighted by Crippen LogP contribution is 2.31. The molecule has 4 heterocycles. The van der Waals surface area contributed by atoms with Gasteiger partial charge < -0.3 is 25.4 Å². The third kappa shape index (κ3) is 5.39. The minimum atomic E-state index is -0.925. The fraction of sp³-hybridized carbons (Fsp3) is 0.500. The van der Waals surface area contributed by atoms with Gasteiger partial charge in [-0.1, -0.05) is 12.1 Å². The zero-order valence-electron chi connectivity index (χ0n) is 17.0. The van der Waals surface area contributed by atoms with E-state index in [1.807, 2.05) is 24.3 Å². The molecule has 0 saturated carbocycles. The molecule has 0 bridgehead atoms. The van der Waals surface area contributed by atoms with Crippen LogP contribution in [-0.2, 0) is 27.2 Å². The molecule has 4 N–H and O–H groups in total. The molecule has 0 aromatic carbocycles. The minimum absolute atomic E-state index is 0.340. The van der Waals surface area contributed by atoms with Crippen LogP contribution in [0.1, 0.15) is 48.5 Å². The first-order valence-electron chi connectivity index (χ1n) is 10.1. The maximum absolute atomic E-state index is 10.4. The summed E-state index contributed by atoms with van der Waals surface area (Å²) >= 11 is 0. The van der Waals surface area contributed by atoms with E-state index in [0.717, 1.165) is 5.69 Å². The van der Waals surface area contributed by atoms with Gasteiger partial charge in [0.15, 0.2) is 0 Å². The normalized spacial score (nSPS) is 19.8. The molecule has 0 amide bonds. The monoisotopic (exact) mass is 412 g/mol. The summed E-state index contributed by atoms with van der Waals surface area (Å²) in [4.78, 5) is 8.48. The molecule has 0 spiro atoms. The molecule has 2 aromatic heterocycles. The number of nitrogens with two attached hydrogens (primary N) is 1. The number of aliphatic hydroxyl groups is 2. The van der Waals surface area contributed by atoms with Crippen molar-refractivity contribution in [3.05, 3.63) is 59.2 Å². The van der Waals surface area contributed by atoms with Crippen LogP contribution >= 0.6 is 0 Å². The Morgan fingerprint density at radius 2 is 1.37 bits per heavy atom. The molecule has 8 nitrogen and oxygen atoms in total. The second-order valence-corrected chi connectivity index (χ2v) is 7.53. The van der Waals surface area contributed by atoms with E-state index < -0.39 is 11.2 Å². The fourth-order valence-corrected chi connectivity index (χ4v) is 3.54. The Morgan fingerprint density at radius 1 is 0.867 bits per heavy atom. The Hall–Kier alpha value is -2.41. The van der Waals surface area contributed by atoms with Crippen LogP contribution in [0.25, 0.3) is 0 Å². The third-order valence-corrected chi connectivity index (χ3v) is 5.47. The second-order valence-electron chi connectivity index (χ2n) is 7.53. The predicted octanol–water partition coefficient (Wildman–Crippen LogP) is 1.49. The number of nitrogens with zero attached hydrogens (tertiary/aromatic N) is 3. The Labute approximate surface area is 176 Å². The van der Waals surface area contributed by atoms with E-state index >= 15 is 0 Å². The van der Waals surface area contributed by atoms with Crippen molar-refractivity contribution in [1.29, 1.82) is 5.26 Å². The summed E-state index contributed by atoms with van der Waals surface area (Å²) in [7, 11) is 0. The van der Waals surface area contributed by atoms with Crippen molar-refractivity contribution in [3.8, 4) is 6.07 Å². The summed E-state index contributed by atoms with van der Waals surface area (Å²) in [5.74, 6) is 0. The van der Waals surface area contributed by atoms with Gasteiger partial charge >= 0.3 is 0 Å². The van der Waals surface area contributed by atoms with Gasteiger partial charge in [-0.3, -0.25) is 4.98 Å². The Bertz CT molecular complexity index is 871. The second kappa shape index (κ2) is 10.1. The van der Waals surface area contributed by atoms with E-state index in [1.54, 1.807) is 18.2 Å². The average molecular weight is 412 g/mol. The molecule has 2 aliphatic heterocycles. The van der Waals surface area contributed by atoms with Gasteiger partial charge in [-0.15, -0.1) is 0 Å². The fourth-order valence-electron chi connectivity index (χ4n) is 3.54. The van der Waals surface area contributed by atoms with Crippen LogP contribution in [0, 0.1) is 11.3 Å². The maximum Gasteiger partial charge on any atom is 0.140 e. The summed E-state index contributed by atoms with van der Waals surface area (Å²) in [5, 5.41) is 29.4. The largest absolute Gasteiger partial charge is 0.383 e. The van der Waals surface area contributed by atoms with Crippen LogP contribution in [0.5, 0.6) is 0 Å². The van der Waals surface area contributed by atoms with Gasteiger partial charge in [0.2, 0.25) is 0 Å². The highest BCUT2D eigenvalue weighted by Gasteiger charge is 2.34. The lowest BCUT2D eigenvalue weighted by molar-refractivity contribution is -0.0709. The molecule has 0 unspecified atom stereocenters. The number of pyridine rings is 2. The average Bonchev–Trinajstić information content (AvgIpc) is 2.80. The number of nitriles is 1. The van der Waals surface area contributed by atoms with Gasteiger partial charge in [-0.25, -0.2) is 4.98 Å². The van der Waals surface area contributed by atoms with Gasteiger partial charge in [0, 0.05) is 58.7 Å². The summed E-state index contributed by atoms with van der Waals surface area (Å²) in [5.41, 5.74) is 6.21.